The topological polar surface area (TPSA) is 53.0 Å². The number of rotatable bonds is 5. The van der Waals surface area contributed by atoms with E-state index in [1.165, 1.54) is 5.56 Å². The predicted molar refractivity (Wildman–Crippen MR) is 138 cm³/mol. The maximum absolute atomic E-state index is 13.2. The number of nitrogens with zero attached hydrogens (tertiary/aromatic N) is 2. The maximum atomic E-state index is 13.2. The summed E-state index contributed by atoms with van der Waals surface area (Å²) in [6, 6.07) is 6.09. The zero-order chi connectivity index (χ0) is 23.6. The average molecular weight is 542 g/mol. The van der Waals surface area contributed by atoms with Crippen LogP contribution in [0.2, 0.25) is 0 Å². The Hall–Kier alpha value is -2.09. The molecule has 5 atom stereocenters. The number of piperidine rings is 1. The number of hydrogen-bond donors (Lipinski definition) is 1. The highest BCUT2D eigenvalue weighted by Gasteiger charge is 2.66. The molecule has 178 valence electrons. The van der Waals surface area contributed by atoms with Crippen LogP contribution in [0.15, 0.2) is 46.8 Å². The summed E-state index contributed by atoms with van der Waals surface area (Å²) < 4.78 is 7.74. The van der Waals surface area contributed by atoms with Crippen LogP contribution >= 0.6 is 27.3 Å². The number of phenols is 1. The molecule has 1 aromatic heterocycles. The Morgan fingerprint density at radius 3 is 3.06 bits per heavy atom. The van der Waals surface area contributed by atoms with E-state index in [4.69, 9.17) is 4.74 Å². The first kappa shape index (κ1) is 22.4. The lowest BCUT2D eigenvalue weighted by Crippen LogP contribution is -2.68. The van der Waals surface area contributed by atoms with Crippen LogP contribution in [0.25, 0.3) is 6.08 Å². The third kappa shape index (κ3) is 3.16. The van der Waals surface area contributed by atoms with Crippen molar-refractivity contribution >= 4 is 39.2 Å². The Balaban J connectivity index is 1.35. The predicted octanol–water partition coefficient (Wildman–Crippen LogP) is 4.98. The zero-order valence-electron chi connectivity index (χ0n) is 19.2. The van der Waals surface area contributed by atoms with Crippen molar-refractivity contribution in [3.63, 3.8) is 0 Å². The van der Waals surface area contributed by atoms with E-state index in [9.17, 15) is 9.90 Å². The number of benzene rings is 1. The molecule has 5 nitrogen and oxygen atoms in total. The van der Waals surface area contributed by atoms with Gasteiger partial charge in [0, 0.05) is 57.0 Å². The summed E-state index contributed by atoms with van der Waals surface area (Å²) in [5.41, 5.74) is 2.12. The van der Waals surface area contributed by atoms with Gasteiger partial charge < -0.3 is 14.7 Å². The van der Waals surface area contributed by atoms with Gasteiger partial charge in [0.15, 0.2) is 0 Å². The van der Waals surface area contributed by atoms with Gasteiger partial charge in [-0.3, -0.25) is 9.69 Å². The fraction of sp³-hybridized carbons (Fsp3) is 0.444. The zero-order valence-corrected chi connectivity index (χ0v) is 21.6. The van der Waals surface area contributed by atoms with Gasteiger partial charge in [0.2, 0.25) is 5.91 Å². The van der Waals surface area contributed by atoms with Crippen molar-refractivity contribution in [2.45, 2.75) is 49.3 Å². The molecule has 6 rings (SSSR count). The fourth-order valence-corrected chi connectivity index (χ4v) is 8.59. The van der Waals surface area contributed by atoms with E-state index in [1.807, 2.05) is 41.6 Å². The second kappa shape index (κ2) is 8.25. The molecule has 1 N–H and O–H groups in total. The summed E-state index contributed by atoms with van der Waals surface area (Å²) in [4.78, 5) is 18.7. The van der Waals surface area contributed by atoms with Crippen LogP contribution in [0, 0.1) is 5.92 Å². The van der Waals surface area contributed by atoms with E-state index in [-0.39, 0.29) is 23.5 Å². The molecule has 2 aliphatic carbocycles. The van der Waals surface area contributed by atoms with Gasteiger partial charge >= 0.3 is 0 Å². The highest BCUT2D eigenvalue weighted by molar-refractivity contribution is 9.10. The minimum absolute atomic E-state index is 0.00320. The van der Waals surface area contributed by atoms with Gasteiger partial charge in [0.1, 0.15) is 17.6 Å². The molecule has 1 amide bonds. The Morgan fingerprint density at radius 2 is 2.29 bits per heavy atom. The summed E-state index contributed by atoms with van der Waals surface area (Å²) in [5.74, 6) is 1.75. The normalized spacial score (nSPS) is 31.2. The third-order valence-electron chi connectivity index (χ3n) is 8.61. The van der Waals surface area contributed by atoms with Gasteiger partial charge in [0.05, 0.1) is 6.04 Å². The Bertz CT molecular complexity index is 1190. The molecule has 0 unspecified atom stereocenters. The Morgan fingerprint density at radius 1 is 1.44 bits per heavy atom. The lowest BCUT2D eigenvalue weighted by Gasteiger charge is -2.60. The molecule has 1 spiro atoms. The van der Waals surface area contributed by atoms with Crippen molar-refractivity contribution < 1.29 is 14.6 Å². The quantitative estimate of drug-likeness (QED) is 0.429. The van der Waals surface area contributed by atoms with Crippen molar-refractivity contribution in [1.82, 2.24) is 9.80 Å². The number of likely N-dealkylation sites (N-methyl/N-ethyl adjacent to an activating group) is 1. The van der Waals surface area contributed by atoms with Gasteiger partial charge in [-0.05, 0) is 78.4 Å². The van der Waals surface area contributed by atoms with E-state index < -0.39 is 0 Å². The van der Waals surface area contributed by atoms with Crippen molar-refractivity contribution in [3.05, 3.63) is 62.8 Å². The van der Waals surface area contributed by atoms with Gasteiger partial charge in [-0.25, -0.2) is 0 Å². The summed E-state index contributed by atoms with van der Waals surface area (Å²) in [6.07, 6.45) is 9.28. The Labute approximate surface area is 212 Å². The summed E-state index contributed by atoms with van der Waals surface area (Å²) in [6.45, 7) is 5.83. The first-order valence-electron chi connectivity index (χ1n) is 12.0. The number of phenolic OH excluding ortho intramolecular Hbond substituents is 1. The molecule has 2 aromatic rings. The third-order valence-corrected chi connectivity index (χ3v) is 10.3. The number of aromatic hydroxyl groups is 1. The molecule has 4 aliphatic rings. The molecule has 1 aromatic carbocycles. The van der Waals surface area contributed by atoms with E-state index in [2.05, 4.69) is 27.4 Å². The van der Waals surface area contributed by atoms with Crippen LogP contribution < -0.4 is 4.74 Å². The van der Waals surface area contributed by atoms with Crippen LogP contribution in [-0.4, -0.2) is 59.1 Å². The summed E-state index contributed by atoms with van der Waals surface area (Å²) in [7, 11) is 1.91. The molecule has 0 radical (unpaired) electrons. The minimum Gasteiger partial charge on any atom is -0.508 e. The number of carbonyl (C=O) groups excluding carboxylic acids is 1. The molecule has 34 heavy (non-hydrogen) atoms. The van der Waals surface area contributed by atoms with Crippen LogP contribution in [-0.2, 0) is 16.6 Å². The average Bonchev–Trinajstić information content (AvgIpc) is 3.40. The molecule has 1 saturated heterocycles. The molecular formula is C27H29BrN2O3S. The number of halogens is 1. The second-order valence-electron chi connectivity index (χ2n) is 10.0. The standard InChI is InChI=1S/C27H29BrN2O3S/c1-3-11-30-12-10-27-19-5-6-20(29(2)24(32)9-4-17-13-16(28)15-34-17)26(27)33-23-8-7-22(31)18(25(23)27)14-21(19)30/h3-4,7-9,13,15,19-21,26,31H,1,5-6,10-12,14H2,2H3/b9-4+/t19-,20+,21+,26-,27-/m0/s1. The van der Waals surface area contributed by atoms with E-state index in [0.717, 1.165) is 59.4 Å². The number of likely N-dealkylation sites (tertiary alicyclic amines) is 1. The minimum atomic E-state index is -0.149. The van der Waals surface area contributed by atoms with E-state index >= 15 is 0 Å². The van der Waals surface area contributed by atoms with E-state index in [0.29, 0.717) is 17.7 Å². The number of hydrogen-bond acceptors (Lipinski definition) is 5. The van der Waals surface area contributed by atoms with Gasteiger partial charge in [-0.15, -0.1) is 17.9 Å². The van der Waals surface area contributed by atoms with Gasteiger partial charge in [-0.1, -0.05) is 6.08 Å². The largest absolute Gasteiger partial charge is 0.508 e. The molecular weight excluding hydrogens is 512 g/mol. The van der Waals surface area contributed by atoms with E-state index in [1.54, 1.807) is 23.5 Å². The summed E-state index contributed by atoms with van der Waals surface area (Å²) >= 11 is 5.08. The SMILES string of the molecule is C=CCN1CC[C@@]23c4c5ccc(O)c4C[C@@H]1[C@@H]2CC[C@@H](N(C)C(=O)/C=C/c1cc(Br)cs1)[C@@H]3O5. The first-order chi connectivity index (χ1) is 16.4. The molecule has 1 saturated carbocycles. The lowest BCUT2D eigenvalue weighted by atomic mass is 9.51. The Kier molecular flexibility index (Phi) is 5.43. The highest BCUT2D eigenvalue weighted by atomic mass is 79.9. The van der Waals surface area contributed by atoms with Crippen molar-refractivity contribution in [2.75, 3.05) is 20.1 Å². The van der Waals surface area contributed by atoms with Crippen molar-refractivity contribution in [3.8, 4) is 11.5 Å². The van der Waals surface area contributed by atoms with Crippen LogP contribution in [0.5, 0.6) is 11.5 Å². The molecule has 2 fully saturated rings. The number of amides is 1. The molecule has 2 aliphatic heterocycles. The second-order valence-corrected chi connectivity index (χ2v) is 11.9. The van der Waals surface area contributed by atoms with Gasteiger partial charge in [-0.2, -0.15) is 0 Å². The van der Waals surface area contributed by atoms with Crippen molar-refractivity contribution in [1.29, 1.82) is 0 Å². The van der Waals surface area contributed by atoms with Crippen LogP contribution in [0.3, 0.4) is 0 Å². The lowest BCUT2D eigenvalue weighted by molar-refractivity contribution is -0.135. The monoisotopic (exact) mass is 540 g/mol. The molecule has 7 heteroatoms. The highest BCUT2D eigenvalue weighted by Crippen LogP contribution is 2.63. The molecule has 3 heterocycles. The smallest absolute Gasteiger partial charge is 0.246 e. The number of carbonyl (C=O) groups is 1. The first-order valence-corrected chi connectivity index (χ1v) is 13.7. The fourth-order valence-electron chi connectivity index (χ4n) is 7.25. The number of thiophene rings is 1. The summed E-state index contributed by atoms with van der Waals surface area (Å²) in [5, 5.41) is 12.8. The van der Waals surface area contributed by atoms with Crippen molar-refractivity contribution in [2.24, 2.45) is 5.92 Å². The van der Waals surface area contributed by atoms with Crippen LogP contribution in [0.1, 0.15) is 35.3 Å². The van der Waals surface area contributed by atoms with Gasteiger partial charge in [0.25, 0.3) is 0 Å². The number of ether oxygens (including phenoxy) is 1. The molecule has 2 bridgehead atoms. The maximum Gasteiger partial charge on any atom is 0.246 e. The van der Waals surface area contributed by atoms with Crippen LogP contribution in [0.4, 0.5) is 0 Å².